The third kappa shape index (κ3) is 3.98. The predicted molar refractivity (Wildman–Crippen MR) is 94.4 cm³/mol. The molecule has 118 valence electrons. The number of hydrogen-bond acceptors (Lipinski definition) is 1. The van der Waals surface area contributed by atoms with E-state index in [1.807, 2.05) is 0 Å². The summed E-state index contributed by atoms with van der Waals surface area (Å²) in [5.41, 5.74) is 0. The summed E-state index contributed by atoms with van der Waals surface area (Å²) in [7, 11) is -1.80. The molecule has 0 N–H and O–H groups in total. The van der Waals surface area contributed by atoms with Gasteiger partial charge in [0, 0.05) is 6.10 Å². The van der Waals surface area contributed by atoms with E-state index in [0.717, 1.165) is 23.8 Å². The first-order chi connectivity index (χ1) is 9.96. The Morgan fingerprint density at radius 1 is 1.19 bits per heavy atom. The van der Waals surface area contributed by atoms with Gasteiger partial charge in [0.05, 0.1) is 0 Å². The Morgan fingerprint density at radius 3 is 2.43 bits per heavy atom. The van der Waals surface area contributed by atoms with E-state index in [1.165, 1.54) is 24.4 Å². The highest BCUT2D eigenvalue weighted by Gasteiger charge is 2.38. The number of hydrogen-bond donors (Lipinski definition) is 0. The topological polar surface area (TPSA) is 9.23 Å². The van der Waals surface area contributed by atoms with Crippen LogP contribution in [0.2, 0.25) is 12.6 Å². The van der Waals surface area contributed by atoms with E-state index in [2.05, 4.69) is 64.6 Å². The monoisotopic (exact) mass is 304 g/mol. The van der Waals surface area contributed by atoms with E-state index in [0.29, 0.717) is 6.10 Å². The molecule has 1 saturated carbocycles. The molecule has 0 heterocycles. The van der Waals surface area contributed by atoms with Crippen LogP contribution in [0.4, 0.5) is 0 Å². The highest BCUT2D eigenvalue weighted by atomic mass is 28.4. The van der Waals surface area contributed by atoms with Crippen molar-refractivity contribution in [2.75, 3.05) is 0 Å². The van der Waals surface area contributed by atoms with Crippen molar-refractivity contribution in [2.45, 2.75) is 65.7 Å². The molecule has 0 radical (unpaired) electrons. The molecule has 1 aliphatic rings. The van der Waals surface area contributed by atoms with E-state index < -0.39 is 8.32 Å². The van der Waals surface area contributed by atoms with Crippen LogP contribution in [0.1, 0.15) is 47.0 Å². The van der Waals surface area contributed by atoms with Crippen LogP contribution in [-0.4, -0.2) is 14.4 Å². The summed E-state index contributed by atoms with van der Waals surface area (Å²) < 4.78 is 6.90. The van der Waals surface area contributed by atoms with Crippen LogP contribution < -0.4 is 5.19 Å². The predicted octanol–water partition coefficient (Wildman–Crippen LogP) is 4.97. The molecule has 0 bridgehead atoms. The summed E-state index contributed by atoms with van der Waals surface area (Å²) in [6.45, 7) is 11.8. The number of benzene rings is 1. The second-order valence-corrected chi connectivity index (χ2v) is 11.4. The van der Waals surface area contributed by atoms with Gasteiger partial charge in [-0.15, -0.1) is 0 Å². The molecule has 21 heavy (non-hydrogen) atoms. The molecule has 1 aromatic carbocycles. The highest BCUT2D eigenvalue weighted by Crippen LogP contribution is 2.37. The normalized spacial score (nSPS) is 29.3. The lowest BCUT2D eigenvalue weighted by atomic mass is 9.75. The molecule has 2 heteroatoms. The quantitative estimate of drug-likeness (QED) is 0.698. The van der Waals surface area contributed by atoms with Crippen molar-refractivity contribution in [3.63, 3.8) is 0 Å². The molecular formula is C19H32OSi. The van der Waals surface area contributed by atoms with Gasteiger partial charge in [-0.3, -0.25) is 0 Å². The summed E-state index contributed by atoms with van der Waals surface area (Å²) in [6, 6.07) is 12.1. The maximum absolute atomic E-state index is 6.90. The molecule has 2 rings (SSSR count). The summed E-state index contributed by atoms with van der Waals surface area (Å²) in [5.74, 6) is 2.28. The van der Waals surface area contributed by atoms with Crippen molar-refractivity contribution >= 4 is 13.5 Å². The zero-order chi connectivity index (χ0) is 15.5. The fourth-order valence-corrected chi connectivity index (χ4v) is 6.28. The summed E-state index contributed by atoms with van der Waals surface area (Å²) in [5, 5.41) is 1.45. The SMILES string of the molecule is CC[Si](C)(OC1CC(C)CCC1C(C)C)c1ccccc1. The van der Waals surface area contributed by atoms with E-state index in [9.17, 15) is 0 Å². The Hall–Kier alpha value is -0.603. The molecule has 0 spiro atoms. The minimum absolute atomic E-state index is 0.463. The van der Waals surface area contributed by atoms with E-state index in [1.54, 1.807) is 0 Å². The van der Waals surface area contributed by atoms with Gasteiger partial charge in [0.1, 0.15) is 0 Å². The van der Waals surface area contributed by atoms with E-state index >= 15 is 0 Å². The largest absolute Gasteiger partial charge is 0.409 e. The molecule has 0 aliphatic heterocycles. The minimum atomic E-state index is -1.80. The lowest BCUT2D eigenvalue weighted by Crippen LogP contribution is -2.52. The second-order valence-electron chi connectivity index (χ2n) is 7.43. The summed E-state index contributed by atoms with van der Waals surface area (Å²) in [4.78, 5) is 0. The van der Waals surface area contributed by atoms with Crippen LogP contribution in [0.3, 0.4) is 0 Å². The Bertz CT molecular complexity index is 430. The third-order valence-corrected chi connectivity index (χ3v) is 9.16. The van der Waals surface area contributed by atoms with Crippen LogP contribution in [0.15, 0.2) is 30.3 Å². The standard InChI is InChI=1S/C19H32OSi/c1-6-21(5,17-10-8-7-9-11-17)20-19-14-16(4)12-13-18(19)15(2)3/h7-11,15-16,18-19H,6,12-14H2,1-5H3. The van der Waals surface area contributed by atoms with Gasteiger partial charge >= 0.3 is 0 Å². The number of rotatable bonds is 5. The molecule has 1 aliphatic carbocycles. The van der Waals surface area contributed by atoms with Crippen LogP contribution in [0, 0.1) is 17.8 Å². The molecule has 1 fully saturated rings. The first-order valence-electron chi connectivity index (χ1n) is 8.69. The van der Waals surface area contributed by atoms with Crippen molar-refractivity contribution in [2.24, 2.45) is 17.8 Å². The van der Waals surface area contributed by atoms with E-state index in [-0.39, 0.29) is 0 Å². The van der Waals surface area contributed by atoms with Gasteiger partial charge in [0.25, 0.3) is 0 Å². The van der Waals surface area contributed by atoms with Crippen molar-refractivity contribution in [1.82, 2.24) is 0 Å². The van der Waals surface area contributed by atoms with Crippen molar-refractivity contribution < 1.29 is 4.43 Å². The van der Waals surface area contributed by atoms with Gasteiger partial charge in [0.2, 0.25) is 8.32 Å². The molecule has 4 unspecified atom stereocenters. The Kier molecular flexibility index (Phi) is 5.67. The fourth-order valence-electron chi connectivity index (χ4n) is 3.73. The van der Waals surface area contributed by atoms with Crippen LogP contribution in [-0.2, 0) is 4.43 Å². The molecule has 4 atom stereocenters. The van der Waals surface area contributed by atoms with Crippen LogP contribution in [0.5, 0.6) is 0 Å². The minimum Gasteiger partial charge on any atom is -0.409 e. The maximum atomic E-state index is 6.90. The van der Waals surface area contributed by atoms with Gasteiger partial charge < -0.3 is 4.43 Å². The highest BCUT2D eigenvalue weighted by molar-refractivity contribution is 6.85. The van der Waals surface area contributed by atoms with Gasteiger partial charge in [-0.05, 0) is 48.4 Å². The van der Waals surface area contributed by atoms with Gasteiger partial charge in [-0.25, -0.2) is 0 Å². The molecule has 0 saturated heterocycles. The van der Waals surface area contributed by atoms with Crippen molar-refractivity contribution in [3.8, 4) is 0 Å². The summed E-state index contributed by atoms with van der Waals surface area (Å²) in [6.07, 6.45) is 4.42. The first kappa shape index (κ1) is 16.8. The zero-order valence-electron chi connectivity index (χ0n) is 14.4. The fraction of sp³-hybridized carbons (Fsp3) is 0.684. The van der Waals surface area contributed by atoms with Crippen LogP contribution >= 0.6 is 0 Å². The average molecular weight is 305 g/mol. The average Bonchev–Trinajstić information content (AvgIpc) is 2.47. The lowest BCUT2D eigenvalue weighted by Gasteiger charge is -2.42. The van der Waals surface area contributed by atoms with Crippen molar-refractivity contribution in [3.05, 3.63) is 30.3 Å². The molecule has 1 nitrogen and oxygen atoms in total. The van der Waals surface area contributed by atoms with E-state index in [4.69, 9.17) is 4.43 Å². The van der Waals surface area contributed by atoms with Gasteiger partial charge in [-0.2, -0.15) is 0 Å². The second kappa shape index (κ2) is 7.10. The maximum Gasteiger partial charge on any atom is 0.221 e. The Morgan fingerprint density at radius 2 is 1.86 bits per heavy atom. The molecule has 0 amide bonds. The van der Waals surface area contributed by atoms with Crippen LogP contribution in [0.25, 0.3) is 0 Å². The Balaban J connectivity index is 2.19. The van der Waals surface area contributed by atoms with Crippen molar-refractivity contribution in [1.29, 1.82) is 0 Å². The first-order valence-corrected chi connectivity index (χ1v) is 11.3. The Labute approximate surface area is 132 Å². The zero-order valence-corrected chi connectivity index (χ0v) is 15.4. The van der Waals surface area contributed by atoms with Gasteiger partial charge in [-0.1, -0.05) is 64.4 Å². The molecule has 1 aromatic rings. The molecular weight excluding hydrogens is 272 g/mol. The third-order valence-electron chi connectivity index (χ3n) is 5.43. The smallest absolute Gasteiger partial charge is 0.221 e. The lowest BCUT2D eigenvalue weighted by molar-refractivity contribution is 0.0408. The summed E-state index contributed by atoms with van der Waals surface area (Å²) >= 11 is 0. The van der Waals surface area contributed by atoms with Gasteiger partial charge in [0.15, 0.2) is 0 Å². The molecule has 0 aromatic heterocycles.